The van der Waals surface area contributed by atoms with Crippen molar-refractivity contribution in [3.05, 3.63) is 12.5 Å². The van der Waals surface area contributed by atoms with Crippen molar-refractivity contribution < 1.29 is 8.42 Å². The molecular formula is C12H20ClN3O2S. The highest BCUT2D eigenvalue weighted by atomic mass is 35.5. The van der Waals surface area contributed by atoms with Gasteiger partial charge in [-0.25, -0.2) is 13.4 Å². The summed E-state index contributed by atoms with van der Waals surface area (Å²) in [5.41, 5.74) is 0. The summed E-state index contributed by atoms with van der Waals surface area (Å²) < 4.78 is 28.6. The number of aromatic nitrogens is 2. The van der Waals surface area contributed by atoms with Crippen molar-refractivity contribution in [1.82, 2.24) is 13.9 Å². The molecule has 5 nitrogen and oxygen atoms in total. The van der Waals surface area contributed by atoms with Crippen LogP contribution in [-0.2, 0) is 16.6 Å². The standard InChI is InChI=1S/C12H20ClN3O2S/c1-2-15-9-12(14-10-15)19(17,18)16-7-5-3-4-6-11(16)8-13/h9-11H,2-8H2,1H3. The summed E-state index contributed by atoms with van der Waals surface area (Å²) in [6, 6.07) is -0.110. The molecule has 0 N–H and O–H groups in total. The zero-order valence-corrected chi connectivity index (χ0v) is 12.7. The predicted molar refractivity (Wildman–Crippen MR) is 74.8 cm³/mol. The van der Waals surface area contributed by atoms with Crippen LogP contribution in [0.15, 0.2) is 17.6 Å². The van der Waals surface area contributed by atoms with E-state index >= 15 is 0 Å². The van der Waals surface area contributed by atoms with Gasteiger partial charge in [0.1, 0.15) is 0 Å². The topological polar surface area (TPSA) is 55.2 Å². The van der Waals surface area contributed by atoms with Gasteiger partial charge in [0.05, 0.1) is 6.33 Å². The van der Waals surface area contributed by atoms with Crippen molar-refractivity contribution in [3.8, 4) is 0 Å². The fourth-order valence-electron chi connectivity index (χ4n) is 2.39. The van der Waals surface area contributed by atoms with Crippen LogP contribution in [0.4, 0.5) is 0 Å². The second kappa shape index (κ2) is 6.24. The number of aryl methyl sites for hydroxylation is 1. The van der Waals surface area contributed by atoms with Gasteiger partial charge in [-0.3, -0.25) is 0 Å². The molecule has 0 radical (unpaired) electrons. The van der Waals surface area contributed by atoms with E-state index in [4.69, 9.17) is 11.6 Å². The second-order valence-corrected chi connectivity index (χ2v) is 6.96. The molecule has 2 heterocycles. The van der Waals surface area contributed by atoms with Crippen molar-refractivity contribution in [2.45, 2.75) is 50.2 Å². The first-order valence-corrected chi connectivity index (χ1v) is 8.66. The first-order valence-electron chi connectivity index (χ1n) is 6.69. The number of hydrogen-bond donors (Lipinski definition) is 0. The Morgan fingerprint density at radius 2 is 2.21 bits per heavy atom. The van der Waals surface area contributed by atoms with Gasteiger partial charge < -0.3 is 4.57 Å². The van der Waals surface area contributed by atoms with E-state index in [1.807, 2.05) is 6.92 Å². The van der Waals surface area contributed by atoms with Crippen LogP contribution < -0.4 is 0 Å². The monoisotopic (exact) mass is 305 g/mol. The van der Waals surface area contributed by atoms with Crippen LogP contribution in [0.3, 0.4) is 0 Å². The normalized spacial score (nSPS) is 22.3. The number of nitrogens with zero attached hydrogens (tertiary/aromatic N) is 3. The van der Waals surface area contributed by atoms with Crippen LogP contribution in [0.5, 0.6) is 0 Å². The number of imidazole rings is 1. The van der Waals surface area contributed by atoms with Gasteiger partial charge in [-0.2, -0.15) is 4.31 Å². The largest absolute Gasteiger partial charge is 0.336 e. The molecule has 1 fully saturated rings. The molecule has 1 unspecified atom stereocenters. The Labute approximate surface area is 119 Å². The van der Waals surface area contributed by atoms with Crippen molar-refractivity contribution in [3.63, 3.8) is 0 Å². The van der Waals surface area contributed by atoms with Crippen LogP contribution in [0, 0.1) is 0 Å². The minimum absolute atomic E-state index is 0.110. The summed E-state index contributed by atoms with van der Waals surface area (Å²) in [6.07, 6.45) is 6.96. The van der Waals surface area contributed by atoms with Crippen LogP contribution in [0.25, 0.3) is 0 Å². The second-order valence-electron chi connectivity index (χ2n) is 4.82. The van der Waals surface area contributed by atoms with E-state index in [-0.39, 0.29) is 11.1 Å². The van der Waals surface area contributed by atoms with Crippen LogP contribution in [0.2, 0.25) is 0 Å². The fourth-order valence-corrected chi connectivity index (χ4v) is 4.42. The summed E-state index contributed by atoms with van der Waals surface area (Å²) >= 11 is 5.94. The van der Waals surface area contributed by atoms with E-state index in [0.717, 1.165) is 25.7 Å². The predicted octanol–water partition coefficient (Wildman–Crippen LogP) is 2.08. The number of hydrogen-bond acceptors (Lipinski definition) is 3. The molecule has 1 aromatic heterocycles. The molecule has 1 saturated heterocycles. The maximum absolute atomic E-state index is 12.6. The molecule has 19 heavy (non-hydrogen) atoms. The Balaban J connectivity index is 2.30. The number of rotatable bonds is 4. The smallest absolute Gasteiger partial charge is 0.262 e. The van der Waals surface area contributed by atoms with Gasteiger partial charge in [-0.15, -0.1) is 11.6 Å². The summed E-state index contributed by atoms with van der Waals surface area (Å²) in [7, 11) is -3.52. The van der Waals surface area contributed by atoms with E-state index in [9.17, 15) is 8.42 Å². The minimum Gasteiger partial charge on any atom is -0.336 e. The molecule has 0 bridgehead atoms. The van der Waals surface area contributed by atoms with E-state index in [1.54, 1.807) is 17.1 Å². The average Bonchev–Trinajstić information content (AvgIpc) is 2.76. The average molecular weight is 306 g/mol. The summed E-state index contributed by atoms with van der Waals surface area (Å²) in [6.45, 7) is 3.20. The highest BCUT2D eigenvalue weighted by molar-refractivity contribution is 7.89. The van der Waals surface area contributed by atoms with Gasteiger partial charge in [0.15, 0.2) is 5.03 Å². The molecule has 0 spiro atoms. The molecule has 1 aromatic rings. The highest BCUT2D eigenvalue weighted by Crippen LogP contribution is 2.24. The molecule has 7 heteroatoms. The van der Waals surface area contributed by atoms with Gasteiger partial charge in [0.2, 0.25) is 0 Å². The molecule has 0 amide bonds. The van der Waals surface area contributed by atoms with Crippen molar-refractivity contribution in [2.24, 2.45) is 0 Å². The molecule has 1 atom stereocenters. The summed E-state index contributed by atoms with van der Waals surface area (Å²) in [5, 5.41) is 0.131. The zero-order chi connectivity index (χ0) is 13.9. The third-order valence-corrected chi connectivity index (χ3v) is 5.74. The van der Waals surface area contributed by atoms with E-state index < -0.39 is 10.0 Å². The lowest BCUT2D eigenvalue weighted by atomic mass is 10.1. The van der Waals surface area contributed by atoms with Crippen LogP contribution >= 0.6 is 11.6 Å². The Kier molecular flexibility index (Phi) is 4.86. The van der Waals surface area contributed by atoms with Gasteiger partial charge in [0, 0.05) is 31.2 Å². The Hall–Kier alpha value is -0.590. The molecule has 0 aromatic carbocycles. The highest BCUT2D eigenvalue weighted by Gasteiger charge is 2.33. The quantitative estimate of drug-likeness (QED) is 0.800. The molecule has 1 aliphatic heterocycles. The third kappa shape index (κ3) is 3.12. The van der Waals surface area contributed by atoms with Crippen LogP contribution in [-0.4, -0.2) is 40.7 Å². The van der Waals surface area contributed by atoms with Crippen LogP contribution in [0.1, 0.15) is 32.6 Å². The number of sulfonamides is 1. The lowest BCUT2D eigenvalue weighted by molar-refractivity contribution is 0.344. The molecule has 0 saturated carbocycles. The summed E-state index contributed by atoms with van der Waals surface area (Å²) in [5.74, 6) is 0.341. The van der Waals surface area contributed by atoms with E-state index in [1.165, 1.54) is 4.31 Å². The molecule has 1 aliphatic rings. The fraction of sp³-hybridized carbons (Fsp3) is 0.750. The maximum Gasteiger partial charge on any atom is 0.262 e. The number of alkyl halides is 1. The molecule has 0 aliphatic carbocycles. The van der Waals surface area contributed by atoms with Gasteiger partial charge in [-0.1, -0.05) is 12.8 Å². The molecular weight excluding hydrogens is 286 g/mol. The Bertz CT molecular complexity index is 515. The lowest BCUT2D eigenvalue weighted by Gasteiger charge is -2.26. The summed E-state index contributed by atoms with van der Waals surface area (Å²) in [4.78, 5) is 4.02. The Morgan fingerprint density at radius 1 is 1.42 bits per heavy atom. The van der Waals surface area contributed by atoms with E-state index in [2.05, 4.69) is 4.98 Å². The van der Waals surface area contributed by atoms with Gasteiger partial charge in [0.25, 0.3) is 10.0 Å². The maximum atomic E-state index is 12.6. The van der Waals surface area contributed by atoms with Crippen molar-refractivity contribution in [1.29, 1.82) is 0 Å². The third-order valence-electron chi connectivity index (χ3n) is 3.55. The van der Waals surface area contributed by atoms with E-state index in [0.29, 0.717) is 19.0 Å². The van der Waals surface area contributed by atoms with Gasteiger partial charge >= 0.3 is 0 Å². The number of halogens is 1. The first kappa shape index (κ1) is 14.8. The van der Waals surface area contributed by atoms with Gasteiger partial charge in [-0.05, 0) is 19.8 Å². The minimum atomic E-state index is -3.52. The molecule has 2 rings (SSSR count). The SMILES string of the molecule is CCn1cnc(S(=O)(=O)N2CCCCCC2CCl)c1. The molecule has 108 valence electrons. The lowest BCUT2D eigenvalue weighted by Crippen LogP contribution is -2.41. The van der Waals surface area contributed by atoms with Crippen molar-refractivity contribution in [2.75, 3.05) is 12.4 Å². The van der Waals surface area contributed by atoms with Crippen molar-refractivity contribution >= 4 is 21.6 Å². The zero-order valence-electron chi connectivity index (χ0n) is 11.1. The first-order chi connectivity index (χ1) is 9.09. The Morgan fingerprint density at radius 3 is 2.84 bits per heavy atom.